The lowest BCUT2D eigenvalue weighted by atomic mass is 10.1. The van der Waals surface area contributed by atoms with E-state index in [0.717, 1.165) is 27.7 Å². The van der Waals surface area contributed by atoms with Crippen LogP contribution in [0.25, 0.3) is 10.9 Å². The fourth-order valence-electron chi connectivity index (χ4n) is 2.27. The molecular weight excluding hydrogens is 286 g/mol. The number of azo groups is 1. The molecule has 4 nitrogen and oxygen atoms in total. The van der Waals surface area contributed by atoms with Crippen LogP contribution in [0.3, 0.4) is 0 Å². The van der Waals surface area contributed by atoms with Crippen LogP contribution in [0, 0.1) is 13.8 Å². The van der Waals surface area contributed by atoms with E-state index in [1.807, 2.05) is 38.1 Å². The van der Waals surface area contributed by atoms with Gasteiger partial charge in [-0.2, -0.15) is 5.11 Å². The summed E-state index contributed by atoms with van der Waals surface area (Å²) in [6.07, 6.45) is 0. The van der Waals surface area contributed by atoms with Crippen molar-refractivity contribution in [2.24, 2.45) is 10.2 Å². The number of nitrogens with one attached hydrogen (secondary N) is 1. The molecule has 0 saturated heterocycles. The van der Waals surface area contributed by atoms with Crippen molar-refractivity contribution >= 4 is 33.9 Å². The Bertz CT molecular complexity index is 852. The number of rotatable bonds is 2. The molecule has 3 aromatic rings. The van der Waals surface area contributed by atoms with E-state index >= 15 is 0 Å². The van der Waals surface area contributed by atoms with E-state index in [9.17, 15) is 5.11 Å². The van der Waals surface area contributed by atoms with E-state index in [4.69, 9.17) is 11.6 Å². The average molecular weight is 300 g/mol. The number of fused-ring (bicyclic) bond motifs is 1. The third kappa shape index (κ3) is 2.50. The maximum Gasteiger partial charge on any atom is 0.218 e. The van der Waals surface area contributed by atoms with Gasteiger partial charge in [-0.1, -0.05) is 29.8 Å². The lowest BCUT2D eigenvalue weighted by Crippen LogP contribution is -1.74. The predicted molar refractivity (Wildman–Crippen MR) is 85.1 cm³/mol. The Kier molecular flexibility index (Phi) is 3.39. The Labute approximate surface area is 127 Å². The van der Waals surface area contributed by atoms with Crippen molar-refractivity contribution in [3.05, 3.63) is 52.5 Å². The lowest BCUT2D eigenvalue weighted by Gasteiger charge is -1.99. The van der Waals surface area contributed by atoms with E-state index in [1.54, 1.807) is 12.1 Å². The molecule has 0 atom stereocenters. The second-order valence-corrected chi connectivity index (χ2v) is 5.39. The topological polar surface area (TPSA) is 60.7 Å². The lowest BCUT2D eigenvalue weighted by molar-refractivity contribution is 0.459. The summed E-state index contributed by atoms with van der Waals surface area (Å²) in [7, 11) is 0. The normalized spacial score (nSPS) is 11.6. The number of aryl methyl sites for hydroxylation is 2. The summed E-state index contributed by atoms with van der Waals surface area (Å²) in [6.45, 7) is 3.89. The first-order valence-electron chi connectivity index (χ1n) is 6.54. The zero-order valence-electron chi connectivity index (χ0n) is 11.7. The van der Waals surface area contributed by atoms with Crippen molar-refractivity contribution in [2.75, 3.05) is 0 Å². The minimum absolute atomic E-state index is 0.0228. The Morgan fingerprint density at radius 2 is 1.86 bits per heavy atom. The largest absolute Gasteiger partial charge is 0.493 e. The number of aromatic nitrogens is 1. The van der Waals surface area contributed by atoms with Crippen LogP contribution in [0.2, 0.25) is 5.02 Å². The van der Waals surface area contributed by atoms with Crippen LogP contribution in [-0.2, 0) is 0 Å². The van der Waals surface area contributed by atoms with E-state index in [-0.39, 0.29) is 5.88 Å². The minimum Gasteiger partial charge on any atom is -0.493 e. The molecule has 21 heavy (non-hydrogen) atoms. The molecule has 0 aliphatic carbocycles. The highest BCUT2D eigenvalue weighted by atomic mass is 35.5. The first-order valence-corrected chi connectivity index (χ1v) is 6.92. The Morgan fingerprint density at radius 1 is 1.05 bits per heavy atom. The van der Waals surface area contributed by atoms with Gasteiger partial charge in [0.15, 0.2) is 5.69 Å². The number of H-pyrrole nitrogens is 1. The molecule has 0 amide bonds. The fraction of sp³-hybridized carbons (Fsp3) is 0.125. The molecule has 2 aromatic carbocycles. The zero-order valence-corrected chi connectivity index (χ0v) is 12.4. The summed E-state index contributed by atoms with van der Waals surface area (Å²) in [6, 6.07) is 11.2. The number of aromatic hydroxyl groups is 1. The number of nitrogens with zero attached hydrogens (tertiary/aromatic N) is 2. The van der Waals surface area contributed by atoms with Gasteiger partial charge >= 0.3 is 0 Å². The molecule has 2 N–H and O–H groups in total. The van der Waals surface area contributed by atoms with Gasteiger partial charge in [0.05, 0.1) is 11.2 Å². The van der Waals surface area contributed by atoms with E-state index < -0.39 is 0 Å². The molecule has 0 unspecified atom stereocenters. The first kappa shape index (κ1) is 13.6. The Hall–Kier alpha value is -2.33. The third-order valence-corrected chi connectivity index (χ3v) is 3.65. The van der Waals surface area contributed by atoms with Crippen LogP contribution < -0.4 is 0 Å². The van der Waals surface area contributed by atoms with Gasteiger partial charge < -0.3 is 10.1 Å². The molecule has 0 spiro atoms. The summed E-state index contributed by atoms with van der Waals surface area (Å²) < 4.78 is 0. The van der Waals surface area contributed by atoms with Gasteiger partial charge in [-0.05, 0) is 43.2 Å². The third-order valence-electron chi connectivity index (χ3n) is 3.41. The molecule has 106 valence electrons. The molecule has 1 heterocycles. The highest BCUT2D eigenvalue weighted by molar-refractivity contribution is 6.30. The number of benzene rings is 2. The van der Waals surface area contributed by atoms with Gasteiger partial charge in [-0.15, -0.1) is 5.11 Å². The van der Waals surface area contributed by atoms with Gasteiger partial charge in [0, 0.05) is 10.4 Å². The smallest absolute Gasteiger partial charge is 0.218 e. The predicted octanol–water partition coefficient (Wildman–Crippen LogP) is 5.56. The second-order valence-electron chi connectivity index (χ2n) is 4.95. The highest BCUT2D eigenvalue weighted by Crippen LogP contribution is 2.37. The van der Waals surface area contributed by atoms with Crippen LogP contribution in [0.1, 0.15) is 11.1 Å². The summed E-state index contributed by atoms with van der Waals surface area (Å²) in [5, 5.41) is 19.9. The number of halogens is 1. The number of aromatic amines is 1. The number of hydrogen-bond acceptors (Lipinski definition) is 3. The molecule has 5 heteroatoms. The van der Waals surface area contributed by atoms with Crippen LogP contribution in [-0.4, -0.2) is 10.1 Å². The monoisotopic (exact) mass is 299 g/mol. The maximum absolute atomic E-state index is 10.0. The molecule has 0 aliphatic heterocycles. The molecule has 0 fully saturated rings. The van der Waals surface area contributed by atoms with E-state index in [0.29, 0.717) is 10.7 Å². The van der Waals surface area contributed by atoms with Crippen molar-refractivity contribution in [2.45, 2.75) is 13.8 Å². The molecule has 0 aliphatic rings. The minimum atomic E-state index is 0.0228. The van der Waals surface area contributed by atoms with Gasteiger partial charge in [0.1, 0.15) is 0 Å². The quantitative estimate of drug-likeness (QED) is 0.598. The van der Waals surface area contributed by atoms with Crippen molar-refractivity contribution in [1.29, 1.82) is 0 Å². The summed E-state index contributed by atoms with van der Waals surface area (Å²) >= 11 is 5.92. The van der Waals surface area contributed by atoms with E-state index in [1.165, 1.54) is 0 Å². The van der Waals surface area contributed by atoms with E-state index in [2.05, 4.69) is 15.2 Å². The number of hydrogen-bond donors (Lipinski definition) is 2. The molecule has 0 saturated carbocycles. The summed E-state index contributed by atoms with van der Waals surface area (Å²) in [5.41, 5.74) is 4.02. The van der Waals surface area contributed by atoms with Gasteiger partial charge in [-0.3, -0.25) is 0 Å². The average Bonchev–Trinajstić information content (AvgIpc) is 2.76. The Balaban J connectivity index is 2.07. The summed E-state index contributed by atoms with van der Waals surface area (Å²) in [4.78, 5) is 2.94. The van der Waals surface area contributed by atoms with Crippen LogP contribution in [0.15, 0.2) is 46.6 Å². The van der Waals surface area contributed by atoms with Gasteiger partial charge in [0.25, 0.3) is 0 Å². The number of para-hydroxylation sites is 1. The highest BCUT2D eigenvalue weighted by Gasteiger charge is 2.11. The first-order chi connectivity index (χ1) is 10.1. The zero-order chi connectivity index (χ0) is 15.0. The summed E-state index contributed by atoms with van der Waals surface area (Å²) in [5.74, 6) is 0.0228. The van der Waals surface area contributed by atoms with Crippen LogP contribution in [0.4, 0.5) is 11.4 Å². The standard InChI is InChI=1S/C16H14ClN3O/c1-9-4-3-5-12-14(9)18-16(21)15(12)20-19-13-7-6-11(17)8-10(13)2/h3-8,18,21H,1-2H3. The van der Waals surface area contributed by atoms with Crippen LogP contribution >= 0.6 is 11.6 Å². The molecule has 1 aromatic heterocycles. The maximum atomic E-state index is 10.0. The molecule has 0 radical (unpaired) electrons. The molecule has 3 rings (SSSR count). The molecular formula is C16H14ClN3O. The second kappa shape index (κ2) is 5.22. The van der Waals surface area contributed by atoms with Crippen molar-refractivity contribution in [1.82, 2.24) is 4.98 Å². The van der Waals surface area contributed by atoms with Crippen LogP contribution in [0.5, 0.6) is 5.88 Å². The SMILES string of the molecule is Cc1cc(Cl)ccc1N=Nc1c(O)[nH]c2c(C)cccc12. The van der Waals surface area contributed by atoms with Crippen molar-refractivity contribution < 1.29 is 5.11 Å². The van der Waals surface area contributed by atoms with Crippen molar-refractivity contribution in [3.8, 4) is 5.88 Å². The molecule has 0 bridgehead atoms. The van der Waals surface area contributed by atoms with Gasteiger partial charge in [-0.25, -0.2) is 0 Å². The van der Waals surface area contributed by atoms with Crippen molar-refractivity contribution in [3.63, 3.8) is 0 Å². The van der Waals surface area contributed by atoms with Gasteiger partial charge in [0.2, 0.25) is 5.88 Å². The Morgan fingerprint density at radius 3 is 2.62 bits per heavy atom. The fourth-order valence-corrected chi connectivity index (χ4v) is 2.50.